The lowest BCUT2D eigenvalue weighted by Gasteiger charge is -2.29. The summed E-state index contributed by atoms with van der Waals surface area (Å²) < 4.78 is 29.9. The average Bonchev–Trinajstić information content (AvgIpc) is 3.41. The van der Waals surface area contributed by atoms with Gasteiger partial charge in [0.1, 0.15) is 10.2 Å². The van der Waals surface area contributed by atoms with Gasteiger partial charge in [0.25, 0.3) is 5.91 Å². The van der Waals surface area contributed by atoms with Gasteiger partial charge in [0, 0.05) is 32.1 Å². The van der Waals surface area contributed by atoms with Crippen LogP contribution in [0.3, 0.4) is 0 Å². The number of anilines is 1. The Kier molecular flexibility index (Phi) is 8.50. The van der Waals surface area contributed by atoms with E-state index in [0.29, 0.717) is 52.8 Å². The standard InChI is InChI=1S/C26H30BrN3O6/c1-5-36-24-19(16-21(32-2)22(27)25(24)34-4)20-10-11-30(28-20)26(31)23(33-3)17-6-8-18(9-7-17)29-12-14-35-15-13-29/h6-11,16,23H,5,12-15H2,1-4H3. The molecule has 0 spiro atoms. The van der Waals surface area contributed by atoms with Crippen LogP contribution >= 0.6 is 15.9 Å². The van der Waals surface area contributed by atoms with Crippen LogP contribution in [0.1, 0.15) is 23.4 Å². The van der Waals surface area contributed by atoms with E-state index < -0.39 is 6.10 Å². The molecule has 10 heteroatoms. The Morgan fingerprint density at radius 1 is 1.08 bits per heavy atom. The number of hydrogen-bond donors (Lipinski definition) is 0. The molecule has 2 heterocycles. The van der Waals surface area contributed by atoms with Crippen molar-refractivity contribution in [2.24, 2.45) is 0 Å². The number of ether oxygens (including phenoxy) is 5. The van der Waals surface area contributed by atoms with Crippen molar-refractivity contribution in [1.29, 1.82) is 0 Å². The van der Waals surface area contributed by atoms with Gasteiger partial charge in [-0.1, -0.05) is 12.1 Å². The van der Waals surface area contributed by atoms with Gasteiger partial charge in [-0.2, -0.15) is 5.10 Å². The molecule has 1 fully saturated rings. The molecule has 0 saturated carbocycles. The SMILES string of the molecule is CCOc1c(-c2ccn(C(=O)C(OC)c3ccc(N4CCOCC4)cc3)n2)cc(OC)c(Br)c1OC. The monoisotopic (exact) mass is 559 g/mol. The van der Waals surface area contributed by atoms with Crippen LogP contribution in [0.25, 0.3) is 11.3 Å². The summed E-state index contributed by atoms with van der Waals surface area (Å²) in [5, 5.41) is 4.55. The smallest absolute Gasteiger partial charge is 0.280 e. The van der Waals surface area contributed by atoms with E-state index in [1.807, 2.05) is 31.2 Å². The lowest BCUT2D eigenvalue weighted by atomic mass is 10.1. The second-order valence-electron chi connectivity index (χ2n) is 8.03. The van der Waals surface area contributed by atoms with Gasteiger partial charge < -0.3 is 28.6 Å². The number of halogens is 1. The Morgan fingerprint density at radius 2 is 1.81 bits per heavy atom. The van der Waals surface area contributed by atoms with Crippen LogP contribution in [0.5, 0.6) is 17.2 Å². The summed E-state index contributed by atoms with van der Waals surface area (Å²) in [7, 11) is 4.64. The first-order valence-corrected chi connectivity index (χ1v) is 12.4. The van der Waals surface area contributed by atoms with Crippen molar-refractivity contribution >= 4 is 27.5 Å². The van der Waals surface area contributed by atoms with E-state index in [4.69, 9.17) is 23.7 Å². The topological polar surface area (TPSA) is 84.3 Å². The number of carbonyl (C=O) groups excluding carboxylic acids is 1. The molecule has 1 unspecified atom stereocenters. The highest BCUT2D eigenvalue weighted by Crippen LogP contribution is 2.47. The second kappa shape index (κ2) is 11.8. The van der Waals surface area contributed by atoms with Crippen LogP contribution in [0.2, 0.25) is 0 Å². The van der Waals surface area contributed by atoms with E-state index in [2.05, 4.69) is 25.9 Å². The van der Waals surface area contributed by atoms with Gasteiger partial charge in [0.2, 0.25) is 0 Å². The molecule has 9 nitrogen and oxygen atoms in total. The molecule has 0 bridgehead atoms. The van der Waals surface area contributed by atoms with Crippen LogP contribution in [0.15, 0.2) is 47.1 Å². The van der Waals surface area contributed by atoms with Crippen LogP contribution < -0.4 is 19.1 Å². The van der Waals surface area contributed by atoms with Crippen molar-refractivity contribution in [2.75, 3.05) is 59.1 Å². The van der Waals surface area contributed by atoms with Crippen molar-refractivity contribution in [3.63, 3.8) is 0 Å². The summed E-state index contributed by atoms with van der Waals surface area (Å²) in [6, 6.07) is 11.4. The van der Waals surface area contributed by atoms with E-state index in [0.717, 1.165) is 24.3 Å². The number of hydrogen-bond acceptors (Lipinski definition) is 8. The lowest BCUT2D eigenvalue weighted by Crippen LogP contribution is -2.36. The molecular weight excluding hydrogens is 530 g/mol. The minimum absolute atomic E-state index is 0.308. The predicted molar refractivity (Wildman–Crippen MR) is 139 cm³/mol. The molecule has 1 aliphatic rings. The number of benzene rings is 2. The zero-order valence-corrected chi connectivity index (χ0v) is 22.4. The number of nitrogens with zero attached hydrogens (tertiary/aromatic N) is 3. The molecule has 0 aliphatic carbocycles. The molecule has 0 amide bonds. The first kappa shape index (κ1) is 26.0. The van der Waals surface area contributed by atoms with Gasteiger partial charge in [-0.25, -0.2) is 4.68 Å². The first-order chi connectivity index (χ1) is 17.5. The third kappa shape index (κ3) is 5.21. The summed E-state index contributed by atoms with van der Waals surface area (Å²) in [4.78, 5) is 15.6. The first-order valence-electron chi connectivity index (χ1n) is 11.6. The summed E-state index contributed by atoms with van der Waals surface area (Å²) in [6.45, 7) is 5.42. The van der Waals surface area contributed by atoms with Crippen molar-refractivity contribution in [2.45, 2.75) is 13.0 Å². The number of aromatic nitrogens is 2. The zero-order chi connectivity index (χ0) is 25.7. The van der Waals surface area contributed by atoms with E-state index in [1.165, 1.54) is 11.8 Å². The number of rotatable bonds is 9. The maximum absolute atomic E-state index is 13.4. The Hall–Kier alpha value is -3.08. The van der Waals surface area contributed by atoms with Gasteiger partial charge in [0.15, 0.2) is 17.6 Å². The van der Waals surface area contributed by atoms with E-state index >= 15 is 0 Å². The fraction of sp³-hybridized carbons (Fsp3) is 0.385. The summed E-state index contributed by atoms with van der Waals surface area (Å²) in [5.74, 6) is 1.24. The normalized spacial score (nSPS) is 14.4. The zero-order valence-electron chi connectivity index (χ0n) is 20.8. The van der Waals surface area contributed by atoms with E-state index in [9.17, 15) is 4.79 Å². The maximum Gasteiger partial charge on any atom is 0.280 e. The van der Waals surface area contributed by atoms with Crippen LogP contribution in [-0.4, -0.2) is 69.9 Å². The molecule has 1 atom stereocenters. The average molecular weight is 560 g/mol. The van der Waals surface area contributed by atoms with Crippen LogP contribution in [-0.2, 0) is 9.47 Å². The fourth-order valence-corrected chi connectivity index (χ4v) is 4.79. The predicted octanol–water partition coefficient (Wildman–Crippen LogP) is 4.59. The van der Waals surface area contributed by atoms with Crippen LogP contribution in [0.4, 0.5) is 5.69 Å². The Morgan fingerprint density at radius 3 is 2.42 bits per heavy atom. The third-order valence-corrected chi connectivity index (χ3v) is 6.73. The molecule has 36 heavy (non-hydrogen) atoms. The number of carbonyl (C=O) groups is 1. The van der Waals surface area contributed by atoms with Crippen molar-refractivity contribution in [1.82, 2.24) is 9.78 Å². The van der Waals surface area contributed by atoms with Crippen molar-refractivity contribution < 1.29 is 28.5 Å². The molecule has 0 radical (unpaired) electrons. The van der Waals surface area contributed by atoms with Gasteiger partial charge in [-0.15, -0.1) is 0 Å². The van der Waals surface area contributed by atoms with E-state index in [-0.39, 0.29) is 5.91 Å². The molecule has 192 valence electrons. The molecule has 2 aromatic carbocycles. The molecule has 0 N–H and O–H groups in total. The quantitative estimate of drug-likeness (QED) is 0.376. The highest BCUT2D eigenvalue weighted by Gasteiger charge is 2.26. The van der Waals surface area contributed by atoms with Gasteiger partial charge >= 0.3 is 0 Å². The maximum atomic E-state index is 13.4. The molecule has 3 aromatic rings. The summed E-state index contributed by atoms with van der Waals surface area (Å²) in [5.41, 5.74) is 3.02. The molecule has 4 rings (SSSR count). The molecular formula is C26H30BrN3O6. The van der Waals surface area contributed by atoms with Crippen molar-refractivity contribution in [3.8, 4) is 28.5 Å². The number of methoxy groups -OCH3 is 3. The number of morpholine rings is 1. The van der Waals surface area contributed by atoms with E-state index in [1.54, 1.807) is 32.5 Å². The molecule has 1 aliphatic heterocycles. The largest absolute Gasteiger partial charge is 0.495 e. The van der Waals surface area contributed by atoms with Gasteiger partial charge in [0.05, 0.1) is 45.3 Å². The second-order valence-corrected chi connectivity index (χ2v) is 8.82. The summed E-state index contributed by atoms with van der Waals surface area (Å²) in [6.07, 6.45) is 0.805. The molecule has 1 saturated heterocycles. The minimum Gasteiger partial charge on any atom is -0.495 e. The molecule has 1 aromatic heterocycles. The van der Waals surface area contributed by atoms with Crippen LogP contribution in [0, 0.1) is 0 Å². The third-order valence-electron chi connectivity index (χ3n) is 5.98. The van der Waals surface area contributed by atoms with Gasteiger partial charge in [-0.05, 0) is 52.7 Å². The Labute approximate surface area is 219 Å². The highest BCUT2D eigenvalue weighted by molar-refractivity contribution is 9.10. The Balaban J connectivity index is 1.62. The lowest BCUT2D eigenvalue weighted by molar-refractivity contribution is 0.0498. The van der Waals surface area contributed by atoms with Crippen molar-refractivity contribution in [3.05, 3.63) is 52.6 Å². The van der Waals surface area contributed by atoms with Gasteiger partial charge in [-0.3, -0.25) is 4.79 Å². The minimum atomic E-state index is -0.808. The highest BCUT2D eigenvalue weighted by atomic mass is 79.9. The fourth-order valence-electron chi connectivity index (χ4n) is 4.17. The summed E-state index contributed by atoms with van der Waals surface area (Å²) >= 11 is 3.51. The Bertz CT molecular complexity index is 1190.